The zero-order chi connectivity index (χ0) is 31.8. The van der Waals surface area contributed by atoms with Crippen molar-refractivity contribution in [3.63, 3.8) is 0 Å². The third-order valence-corrected chi connectivity index (χ3v) is 8.95. The predicted molar refractivity (Wildman–Crippen MR) is 192 cm³/mol. The summed E-state index contributed by atoms with van der Waals surface area (Å²) in [6.45, 7) is 6.24. The Bertz CT molecular complexity index is 768. The molecule has 0 amide bonds. The van der Waals surface area contributed by atoms with Crippen LogP contribution in [0.3, 0.4) is 0 Å². The van der Waals surface area contributed by atoms with E-state index in [0.29, 0.717) is 19.6 Å². The van der Waals surface area contributed by atoms with Crippen LogP contribution in [0.2, 0.25) is 0 Å². The van der Waals surface area contributed by atoms with Gasteiger partial charge >= 0.3 is 5.97 Å². The van der Waals surface area contributed by atoms with Crippen LogP contribution in [0.25, 0.3) is 0 Å². The first-order valence-corrected chi connectivity index (χ1v) is 19.9. The van der Waals surface area contributed by atoms with Crippen molar-refractivity contribution in [3.8, 4) is 11.5 Å². The maximum Gasteiger partial charge on any atom is 0.306 e. The minimum atomic E-state index is -0.161. The van der Waals surface area contributed by atoms with E-state index in [1.54, 1.807) is 0 Å². The summed E-state index contributed by atoms with van der Waals surface area (Å²) in [7, 11) is 0. The second-order valence-corrected chi connectivity index (χ2v) is 13.5. The Hall–Kier alpha value is -1.23. The summed E-state index contributed by atoms with van der Waals surface area (Å²) in [6.07, 6.45) is 33.3. The van der Waals surface area contributed by atoms with Crippen LogP contribution in [0, 0.1) is 0 Å². The zero-order valence-electron chi connectivity index (χ0n) is 29.0. The molecule has 0 aliphatic heterocycles. The van der Waals surface area contributed by atoms with Crippen molar-refractivity contribution in [2.24, 2.45) is 0 Å². The number of carbonyl (C=O) groups excluding carboxylic acids is 1. The van der Waals surface area contributed by atoms with Crippen LogP contribution in [0.5, 0.6) is 11.5 Å². The number of rotatable bonds is 33. The summed E-state index contributed by atoms with van der Waals surface area (Å²) in [5.41, 5.74) is 0.925. The fourth-order valence-corrected chi connectivity index (χ4v) is 5.87. The quantitative estimate of drug-likeness (QED) is 0.0421. The molecule has 0 saturated carbocycles. The standard InChI is InChI=1S/C39H69BrO4/c1-3-5-7-9-11-13-15-16-18-20-22-24-26-31-43-38-33-36(35-44-39(41)28-27-29-40)32-37(34-38)42-30-25-23-21-19-17-14-12-10-8-6-4-2/h32-34H,3-31,35H2,1-2H3. The largest absolute Gasteiger partial charge is 0.493 e. The molecule has 256 valence electrons. The van der Waals surface area contributed by atoms with Gasteiger partial charge in [0.1, 0.15) is 18.1 Å². The van der Waals surface area contributed by atoms with Gasteiger partial charge < -0.3 is 14.2 Å². The predicted octanol–water partition coefficient (Wildman–Crippen LogP) is 13.1. The first-order valence-electron chi connectivity index (χ1n) is 18.8. The Balaban J connectivity index is 2.30. The Labute approximate surface area is 281 Å². The summed E-state index contributed by atoms with van der Waals surface area (Å²) in [4.78, 5) is 12.1. The van der Waals surface area contributed by atoms with Gasteiger partial charge in [0.25, 0.3) is 0 Å². The maximum atomic E-state index is 12.1. The number of halogens is 1. The number of hydrogen-bond donors (Lipinski definition) is 0. The number of carbonyl (C=O) groups is 1. The van der Waals surface area contributed by atoms with Gasteiger partial charge in [-0.05, 0) is 37.0 Å². The number of hydrogen-bond acceptors (Lipinski definition) is 4. The van der Waals surface area contributed by atoms with E-state index in [1.807, 2.05) is 18.2 Å². The van der Waals surface area contributed by atoms with Crippen molar-refractivity contribution in [2.45, 2.75) is 187 Å². The van der Waals surface area contributed by atoms with Gasteiger partial charge in [0, 0.05) is 17.8 Å². The van der Waals surface area contributed by atoms with Gasteiger partial charge in [-0.2, -0.15) is 0 Å². The Morgan fingerprint density at radius 1 is 0.523 bits per heavy atom. The molecular weight excluding hydrogens is 612 g/mol. The molecule has 1 rings (SSSR count). The van der Waals surface area contributed by atoms with Crippen molar-refractivity contribution in [1.82, 2.24) is 0 Å². The minimum absolute atomic E-state index is 0.161. The zero-order valence-corrected chi connectivity index (χ0v) is 30.5. The van der Waals surface area contributed by atoms with E-state index in [-0.39, 0.29) is 12.6 Å². The van der Waals surface area contributed by atoms with Crippen LogP contribution in [0.1, 0.15) is 186 Å². The summed E-state index contributed by atoms with van der Waals surface area (Å²) >= 11 is 3.38. The third-order valence-electron chi connectivity index (χ3n) is 8.39. The number of ether oxygens (including phenoxy) is 3. The van der Waals surface area contributed by atoms with E-state index in [0.717, 1.165) is 41.7 Å². The van der Waals surface area contributed by atoms with E-state index in [4.69, 9.17) is 14.2 Å². The van der Waals surface area contributed by atoms with E-state index < -0.39 is 0 Å². The van der Waals surface area contributed by atoms with Crippen molar-refractivity contribution >= 4 is 21.9 Å². The van der Waals surface area contributed by atoms with E-state index in [1.165, 1.54) is 141 Å². The van der Waals surface area contributed by atoms with Crippen molar-refractivity contribution in [2.75, 3.05) is 18.5 Å². The molecule has 1 aromatic carbocycles. The average Bonchev–Trinajstić information content (AvgIpc) is 3.03. The van der Waals surface area contributed by atoms with E-state index in [2.05, 4.69) is 29.8 Å². The lowest BCUT2D eigenvalue weighted by atomic mass is 10.0. The summed E-state index contributed by atoms with van der Waals surface area (Å²) in [5, 5.41) is 0.807. The molecule has 5 heteroatoms. The molecule has 0 aliphatic carbocycles. The lowest BCUT2D eigenvalue weighted by Gasteiger charge is -2.13. The van der Waals surface area contributed by atoms with Crippen LogP contribution >= 0.6 is 15.9 Å². The molecule has 0 N–H and O–H groups in total. The molecule has 0 spiro atoms. The van der Waals surface area contributed by atoms with Gasteiger partial charge in [-0.3, -0.25) is 4.79 Å². The number of benzene rings is 1. The van der Waals surface area contributed by atoms with Crippen LogP contribution in [0.4, 0.5) is 0 Å². The Kier molecular flexibility index (Phi) is 29.4. The van der Waals surface area contributed by atoms with Crippen molar-refractivity contribution in [3.05, 3.63) is 23.8 Å². The molecule has 0 aliphatic rings. The van der Waals surface area contributed by atoms with Gasteiger partial charge in [-0.15, -0.1) is 0 Å². The number of alkyl halides is 1. The lowest BCUT2D eigenvalue weighted by Crippen LogP contribution is -2.06. The molecule has 0 aromatic heterocycles. The van der Waals surface area contributed by atoms with Crippen LogP contribution in [-0.4, -0.2) is 24.5 Å². The lowest BCUT2D eigenvalue weighted by molar-refractivity contribution is -0.144. The molecule has 4 nitrogen and oxygen atoms in total. The van der Waals surface area contributed by atoms with E-state index in [9.17, 15) is 4.79 Å². The van der Waals surface area contributed by atoms with E-state index >= 15 is 0 Å². The van der Waals surface area contributed by atoms with Crippen molar-refractivity contribution < 1.29 is 19.0 Å². The second kappa shape index (κ2) is 31.7. The molecule has 0 unspecified atom stereocenters. The first-order chi connectivity index (χ1) is 21.7. The number of unbranched alkanes of at least 4 members (excludes halogenated alkanes) is 22. The van der Waals surface area contributed by atoms with Gasteiger partial charge in [0.2, 0.25) is 0 Å². The van der Waals surface area contributed by atoms with Gasteiger partial charge in [0.05, 0.1) is 13.2 Å². The third kappa shape index (κ3) is 26.0. The van der Waals surface area contributed by atoms with Crippen LogP contribution < -0.4 is 9.47 Å². The maximum absolute atomic E-state index is 12.1. The molecule has 0 radical (unpaired) electrons. The highest BCUT2D eigenvalue weighted by Crippen LogP contribution is 2.25. The molecule has 0 fully saturated rings. The summed E-state index contributed by atoms with van der Waals surface area (Å²) in [6, 6.07) is 5.99. The SMILES string of the molecule is CCCCCCCCCCCCCCCOc1cc(COC(=O)CCCBr)cc(OCCCCCCCCCCCCC)c1. The highest BCUT2D eigenvalue weighted by atomic mass is 79.9. The average molecular weight is 682 g/mol. The topological polar surface area (TPSA) is 44.8 Å². The monoisotopic (exact) mass is 680 g/mol. The Morgan fingerprint density at radius 2 is 0.886 bits per heavy atom. The fourth-order valence-electron chi connectivity index (χ4n) is 5.59. The molecule has 0 saturated heterocycles. The summed E-state index contributed by atoms with van der Waals surface area (Å²) in [5.74, 6) is 1.46. The molecule has 0 bridgehead atoms. The van der Waals surface area contributed by atoms with Crippen LogP contribution in [0.15, 0.2) is 18.2 Å². The van der Waals surface area contributed by atoms with Gasteiger partial charge in [-0.1, -0.05) is 171 Å². The molecule has 0 heterocycles. The highest BCUT2D eigenvalue weighted by Gasteiger charge is 2.08. The van der Waals surface area contributed by atoms with Crippen LogP contribution in [-0.2, 0) is 16.1 Å². The van der Waals surface area contributed by atoms with Gasteiger partial charge in [0.15, 0.2) is 0 Å². The fraction of sp³-hybridized carbons (Fsp3) is 0.821. The molecular formula is C39H69BrO4. The second-order valence-electron chi connectivity index (χ2n) is 12.7. The minimum Gasteiger partial charge on any atom is -0.493 e. The van der Waals surface area contributed by atoms with Gasteiger partial charge in [-0.25, -0.2) is 0 Å². The molecule has 0 atom stereocenters. The summed E-state index contributed by atoms with van der Waals surface area (Å²) < 4.78 is 17.8. The Morgan fingerprint density at radius 3 is 1.25 bits per heavy atom. The normalized spacial score (nSPS) is 11.2. The molecule has 1 aromatic rings. The van der Waals surface area contributed by atoms with Crippen molar-refractivity contribution in [1.29, 1.82) is 0 Å². The number of esters is 1. The smallest absolute Gasteiger partial charge is 0.306 e. The first kappa shape index (κ1) is 40.8. The molecule has 44 heavy (non-hydrogen) atoms. The highest BCUT2D eigenvalue weighted by molar-refractivity contribution is 9.09.